The van der Waals surface area contributed by atoms with Crippen LogP contribution in [0.1, 0.15) is 24.1 Å². The van der Waals surface area contributed by atoms with Gasteiger partial charge in [-0.25, -0.2) is 9.37 Å². The molecule has 3 rings (SSSR count). The van der Waals surface area contributed by atoms with Crippen LogP contribution in [0.2, 0.25) is 0 Å². The van der Waals surface area contributed by atoms with E-state index in [-0.39, 0.29) is 23.6 Å². The molecule has 4 nitrogen and oxygen atoms in total. The lowest BCUT2D eigenvalue weighted by Gasteiger charge is -2.21. The summed E-state index contributed by atoms with van der Waals surface area (Å²) in [6, 6.07) is 8.26. The number of aromatic nitrogens is 1. The SMILES string of the molecule is CC1(C#N)COc2c1cc(C(CO)C(F)(F)F)nc2-c1ccc(F)cc1. The van der Waals surface area contributed by atoms with Crippen LogP contribution in [-0.2, 0) is 5.41 Å². The molecule has 1 N–H and O–H groups in total. The van der Waals surface area contributed by atoms with E-state index >= 15 is 0 Å². The van der Waals surface area contributed by atoms with Gasteiger partial charge in [0.15, 0.2) is 5.75 Å². The number of alkyl halides is 3. The number of ether oxygens (including phenoxy) is 1. The third-order valence-corrected chi connectivity index (χ3v) is 4.39. The summed E-state index contributed by atoms with van der Waals surface area (Å²) < 4.78 is 58.6. The molecular weight excluding hydrogens is 352 g/mol. The first-order valence-corrected chi connectivity index (χ1v) is 7.72. The molecule has 0 radical (unpaired) electrons. The van der Waals surface area contributed by atoms with Gasteiger partial charge in [-0.1, -0.05) is 0 Å². The maximum atomic E-state index is 13.3. The molecule has 0 saturated carbocycles. The molecule has 2 heterocycles. The fraction of sp³-hybridized carbons (Fsp3) is 0.333. The standard InChI is InChI=1S/C18H14F4N2O2/c1-17(8-23)9-26-16-12(17)6-14(13(7-25)18(20,21)22)24-15(16)10-2-4-11(19)5-3-10/h2-6,13,25H,7,9H2,1H3. The van der Waals surface area contributed by atoms with Crippen molar-refractivity contribution in [3.8, 4) is 23.1 Å². The summed E-state index contributed by atoms with van der Waals surface area (Å²) >= 11 is 0. The van der Waals surface area contributed by atoms with Crippen LogP contribution in [0, 0.1) is 17.1 Å². The molecule has 136 valence electrons. The van der Waals surface area contributed by atoms with Crippen LogP contribution in [0.5, 0.6) is 5.75 Å². The van der Waals surface area contributed by atoms with Gasteiger partial charge in [0.05, 0.1) is 18.4 Å². The van der Waals surface area contributed by atoms with Crippen molar-refractivity contribution >= 4 is 0 Å². The number of hydrogen-bond donors (Lipinski definition) is 1. The van der Waals surface area contributed by atoms with E-state index in [1.54, 1.807) is 6.92 Å². The van der Waals surface area contributed by atoms with Crippen molar-refractivity contribution in [1.29, 1.82) is 5.26 Å². The van der Waals surface area contributed by atoms with Crippen molar-refractivity contribution in [3.63, 3.8) is 0 Å². The highest BCUT2D eigenvalue weighted by Gasteiger charge is 2.45. The van der Waals surface area contributed by atoms with Crippen molar-refractivity contribution in [3.05, 3.63) is 47.4 Å². The Labute approximate surface area is 146 Å². The highest BCUT2D eigenvalue weighted by Crippen LogP contribution is 2.46. The minimum absolute atomic E-state index is 0.0338. The summed E-state index contributed by atoms with van der Waals surface area (Å²) in [6.45, 7) is 0.342. The number of nitrogens with zero attached hydrogens (tertiary/aromatic N) is 2. The maximum Gasteiger partial charge on any atom is 0.399 e. The fourth-order valence-electron chi connectivity index (χ4n) is 2.84. The lowest BCUT2D eigenvalue weighted by atomic mass is 9.84. The Hall–Kier alpha value is -2.66. The first-order valence-electron chi connectivity index (χ1n) is 7.72. The van der Waals surface area contributed by atoms with Gasteiger partial charge in [-0.2, -0.15) is 18.4 Å². The molecule has 2 aromatic rings. The number of halogens is 4. The van der Waals surface area contributed by atoms with Gasteiger partial charge in [0.1, 0.15) is 29.5 Å². The Kier molecular flexibility index (Phi) is 4.36. The molecule has 0 amide bonds. The van der Waals surface area contributed by atoms with Crippen LogP contribution >= 0.6 is 0 Å². The zero-order chi connectivity index (χ0) is 19.1. The quantitative estimate of drug-likeness (QED) is 0.842. The summed E-state index contributed by atoms with van der Waals surface area (Å²) in [5, 5.41) is 18.7. The topological polar surface area (TPSA) is 66.1 Å². The largest absolute Gasteiger partial charge is 0.489 e. The third kappa shape index (κ3) is 2.99. The molecule has 1 aliphatic heterocycles. The lowest BCUT2D eigenvalue weighted by molar-refractivity contribution is -0.159. The minimum Gasteiger partial charge on any atom is -0.489 e. The number of aliphatic hydroxyl groups excluding tert-OH is 1. The van der Waals surface area contributed by atoms with Gasteiger partial charge in [0.2, 0.25) is 0 Å². The van der Waals surface area contributed by atoms with Crippen molar-refractivity contribution in [2.24, 2.45) is 0 Å². The number of nitriles is 1. The summed E-state index contributed by atoms with van der Waals surface area (Å²) in [7, 11) is 0. The van der Waals surface area contributed by atoms with E-state index in [2.05, 4.69) is 11.1 Å². The zero-order valence-corrected chi connectivity index (χ0v) is 13.6. The smallest absolute Gasteiger partial charge is 0.399 e. The molecule has 2 atom stereocenters. The predicted octanol–water partition coefficient (Wildman–Crippen LogP) is 3.70. The maximum absolute atomic E-state index is 13.3. The van der Waals surface area contributed by atoms with E-state index in [9.17, 15) is 27.9 Å². The molecule has 8 heteroatoms. The summed E-state index contributed by atoms with van der Waals surface area (Å²) in [5.41, 5.74) is -0.852. The van der Waals surface area contributed by atoms with Crippen LogP contribution in [0.4, 0.5) is 17.6 Å². The van der Waals surface area contributed by atoms with E-state index in [4.69, 9.17) is 4.74 Å². The van der Waals surface area contributed by atoms with Gasteiger partial charge in [-0.3, -0.25) is 0 Å². The van der Waals surface area contributed by atoms with Crippen molar-refractivity contribution in [2.45, 2.75) is 24.4 Å². The Balaban J connectivity index is 2.26. The normalized spacial score (nSPS) is 20.2. The number of rotatable bonds is 3. The third-order valence-electron chi connectivity index (χ3n) is 4.39. The highest BCUT2D eigenvalue weighted by atomic mass is 19.4. The predicted molar refractivity (Wildman–Crippen MR) is 84.0 cm³/mol. The van der Waals surface area contributed by atoms with Crippen molar-refractivity contribution < 1.29 is 27.4 Å². The second-order valence-corrected chi connectivity index (χ2v) is 6.29. The molecule has 0 saturated heterocycles. The first-order chi connectivity index (χ1) is 12.2. The van der Waals surface area contributed by atoms with Gasteiger partial charge in [0.25, 0.3) is 0 Å². The number of aliphatic hydroxyl groups is 1. The van der Waals surface area contributed by atoms with Crippen LogP contribution in [-0.4, -0.2) is 29.5 Å². The van der Waals surface area contributed by atoms with Gasteiger partial charge in [0, 0.05) is 11.1 Å². The Morgan fingerprint density at radius 2 is 2.00 bits per heavy atom. The number of pyridine rings is 1. The van der Waals surface area contributed by atoms with Crippen LogP contribution in [0.25, 0.3) is 11.3 Å². The van der Waals surface area contributed by atoms with Crippen LogP contribution in [0.3, 0.4) is 0 Å². The molecule has 0 fully saturated rings. The Morgan fingerprint density at radius 1 is 1.35 bits per heavy atom. The summed E-state index contributed by atoms with van der Waals surface area (Å²) in [4.78, 5) is 4.04. The van der Waals surface area contributed by atoms with Gasteiger partial charge in [-0.15, -0.1) is 0 Å². The number of fused-ring (bicyclic) bond motifs is 1. The van der Waals surface area contributed by atoms with E-state index in [0.717, 1.165) is 18.2 Å². The number of benzene rings is 1. The van der Waals surface area contributed by atoms with Gasteiger partial charge < -0.3 is 9.84 Å². The van der Waals surface area contributed by atoms with Crippen LogP contribution in [0.15, 0.2) is 30.3 Å². The molecule has 2 unspecified atom stereocenters. The Morgan fingerprint density at radius 3 is 2.54 bits per heavy atom. The molecule has 0 bridgehead atoms. The summed E-state index contributed by atoms with van der Waals surface area (Å²) in [5.74, 6) is -2.51. The highest BCUT2D eigenvalue weighted by molar-refractivity contribution is 5.71. The van der Waals surface area contributed by atoms with Gasteiger partial charge >= 0.3 is 6.18 Å². The molecular formula is C18H14F4N2O2. The molecule has 0 aliphatic carbocycles. The fourth-order valence-corrected chi connectivity index (χ4v) is 2.84. The minimum atomic E-state index is -4.71. The second-order valence-electron chi connectivity index (χ2n) is 6.29. The molecule has 0 spiro atoms. The van der Waals surface area contributed by atoms with Gasteiger partial charge in [-0.05, 0) is 37.3 Å². The van der Waals surface area contributed by atoms with E-state index in [0.29, 0.717) is 5.56 Å². The van der Waals surface area contributed by atoms with Crippen molar-refractivity contribution in [2.75, 3.05) is 13.2 Å². The summed E-state index contributed by atoms with van der Waals surface area (Å²) in [6.07, 6.45) is -4.71. The monoisotopic (exact) mass is 366 g/mol. The number of hydrogen-bond acceptors (Lipinski definition) is 4. The molecule has 26 heavy (non-hydrogen) atoms. The molecule has 1 aliphatic rings. The average molecular weight is 366 g/mol. The Bertz CT molecular complexity index is 874. The van der Waals surface area contributed by atoms with E-state index in [1.807, 2.05) is 0 Å². The molecule has 1 aromatic heterocycles. The molecule has 1 aromatic carbocycles. The van der Waals surface area contributed by atoms with E-state index < -0.39 is 35.6 Å². The zero-order valence-electron chi connectivity index (χ0n) is 13.6. The first kappa shape index (κ1) is 18.1. The van der Waals surface area contributed by atoms with Crippen LogP contribution < -0.4 is 4.74 Å². The van der Waals surface area contributed by atoms with Crippen molar-refractivity contribution in [1.82, 2.24) is 4.98 Å². The lowest BCUT2D eigenvalue weighted by Crippen LogP contribution is -2.26. The second kappa shape index (κ2) is 6.25. The average Bonchev–Trinajstić information content (AvgIpc) is 2.92. The van der Waals surface area contributed by atoms with E-state index in [1.165, 1.54) is 12.1 Å².